The van der Waals surface area contributed by atoms with Gasteiger partial charge in [-0.05, 0) is 60.1 Å². The molecular weight excluding hydrogens is 378 g/mol. The van der Waals surface area contributed by atoms with Crippen molar-refractivity contribution in [1.82, 2.24) is 0 Å². The van der Waals surface area contributed by atoms with Crippen molar-refractivity contribution in [3.05, 3.63) is 56.7 Å². The summed E-state index contributed by atoms with van der Waals surface area (Å²) < 4.78 is 6.07. The van der Waals surface area contributed by atoms with Crippen molar-refractivity contribution >= 4 is 50.9 Å². The van der Waals surface area contributed by atoms with Crippen LogP contribution in [-0.2, 0) is 14.3 Å². The van der Waals surface area contributed by atoms with Crippen molar-refractivity contribution in [2.24, 2.45) is 0 Å². The standard InChI is InChI=1S/C17H16BrNO3S/c1-11-3-5-13(6-4-11)19-17(21)12(2)22-16(20)10-8-14-7-9-15(18)23-14/h3-10,12H,1-2H3,(H,19,21)/b10-8+/t12-/m1/s1. The van der Waals surface area contributed by atoms with Crippen molar-refractivity contribution < 1.29 is 14.3 Å². The maximum atomic E-state index is 12.0. The van der Waals surface area contributed by atoms with Crippen LogP contribution in [0.4, 0.5) is 5.69 Å². The molecule has 0 radical (unpaired) electrons. The molecule has 1 amide bonds. The lowest BCUT2D eigenvalue weighted by Gasteiger charge is -2.12. The number of anilines is 1. The van der Waals surface area contributed by atoms with Gasteiger partial charge in [0.05, 0.1) is 3.79 Å². The number of benzene rings is 1. The van der Waals surface area contributed by atoms with Gasteiger partial charge in [0, 0.05) is 16.6 Å². The lowest BCUT2D eigenvalue weighted by Crippen LogP contribution is -2.29. The van der Waals surface area contributed by atoms with Crippen LogP contribution in [0.15, 0.2) is 46.3 Å². The molecule has 0 fully saturated rings. The van der Waals surface area contributed by atoms with E-state index in [2.05, 4.69) is 21.2 Å². The van der Waals surface area contributed by atoms with E-state index in [0.29, 0.717) is 5.69 Å². The van der Waals surface area contributed by atoms with Crippen LogP contribution in [0, 0.1) is 6.92 Å². The van der Waals surface area contributed by atoms with Crippen molar-refractivity contribution in [2.45, 2.75) is 20.0 Å². The molecular formula is C17H16BrNO3S. The minimum absolute atomic E-state index is 0.366. The van der Waals surface area contributed by atoms with Crippen molar-refractivity contribution in [3.8, 4) is 0 Å². The molecule has 2 aromatic rings. The summed E-state index contributed by atoms with van der Waals surface area (Å²) in [7, 11) is 0. The van der Waals surface area contributed by atoms with Gasteiger partial charge in [-0.2, -0.15) is 0 Å². The van der Waals surface area contributed by atoms with Gasteiger partial charge in [-0.15, -0.1) is 11.3 Å². The van der Waals surface area contributed by atoms with E-state index in [4.69, 9.17) is 4.74 Å². The maximum absolute atomic E-state index is 12.0. The molecule has 1 aromatic heterocycles. The van der Waals surface area contributed by atoms with Crippen LogP contribution in [0.2, 0.25) is 0 Å². The average Bonchev–Trinajstić information content (AvgIpc) is 2.93. The van der Waals surface area contributed by atoms with Gasteiger partial charge in [0.15, 0.2) is 6.10 Å². The molecule has 2 rings (SSSR count). The van der Waals surface area contributed by atoms with E-state index in [-0.39, 0.29) is 5.91 Å². The third-order valence-corrected chi connectivity index (χ3v) is 4.55. The molecule has 0 saturated carbocycles. The van der Waals surface area contributed by atoms with E-state index in [1.165, 1.54) is 24.3 Å². The van der Waals surface area contributed by atoms with E-state index >= 15 is 0 Å². The Hall–Kier alpha value is -1.92. The second kappa shape index (κ2) is 8.08. The lowest BCUT2D eigenvalue weighted by molar-refractivity contribution is -0.148. The predicted molar refractivity (Wildman–Crippen MR) is 96.4 cm³/mol. The smallest absolute Gasteiger partial charge is 0.331 e. The van der Waals surface area contributed by atoms with Crippen LogP contribution in [0.1, 0.15) is 17.4 Å². The molecule has 4 nitrogen and oxygen atoms in total. The zero-order chi connectivity index (χ0) is 16.8. The maximum Gasteiger partial charge on any atom is 0.331 e. The number of thiophene rings is 1. The number of nitrogens with one attached hydrogen (secondary N) is 1. The number of halogens is 1. The Kier molecular flexibility index (Phi) is 6.12. The first-order valence-electron chi connectivity index (χ1n) is 6.95. The summed E-state index contributed by atoms with van der Waals surface area (Å²) in [6, 6.07) is 11.2. The summed E-state index contributed by atoms with van der Waals surface area (Å²) >= 11 is 4.85. The molecule has 1 N–H and O–H groups in total. The molecule has 120 valence electrons. The molecule has 1 heterocycles. The summed E-state index contributed by atoms with van der Waals surface area (Å²) in [6.07, 6.45) is 2.10. The predicted octanol–water partition coefficient (Wildman–Crippen LogP) is 4.40. The molecule has 1 atom stereocenters. The quantitative estimate of drug-likeness (QED) is 0.604. The van der Waals surface area contributed by atoms with Crippen LogP contribution in [0.25, 0.3) is 6.08 Å². The van der Waals surface area contributed by atoms with Crippen molar-refractivity contribution in [3.63, 3.8) is 0 Å². The topological polar surface area (TPSA) is 55.4 Å². The average molecular weight is 394 g/mol. The third-order valence-electron chi connectivity index (χ3n) is 2.96. The number of carbonyl (C=O) groups excluding carboxylic acids is 2. The van der Waals surface area contributed by atoms with Gasteiger partial charge in [0.1, 0.15) is 0 Å². The minimum atomic E-state index is -0.872. The molecule has 0 aliphatic heterocycles. The fourth-order valence-corrected chi connectivity index (χ4v) is 3.04. The van der Waals surface area contributed by atoms with Gasteiger partial charge in [0.25, 0.3) is 5.91 Å². The first-order chi connectivity index (χ1) is 10.9. The van der Waals surface area contributed by atoms with Gasteiger partial charge in [-0.1, -0.05) is 17.7 Å². The highest BCUT2D eigenvalue weighted by Crippen LogP contribution is 2.23. The zero-order valence-electron chi connectivity index (χ0n) is 12.7. The summed E-state index contributed by atoms with van der Waals surface area (Å²) in [5.41, 5.74) is 1.77. The summed E-state index contributed by atoms with van der Waals surface area (Å²) in [5.74, 6) is -0.921. The number of hydrogen-bond donors (Lipinski definition) is 1. The fourth-order valence-electron chi connectivity index (χ4n) is 1.72. The minimum Gasteiger partial charge on any atom is -0.449 e. The Morgan fingerprint density at radius 2 is 1.91 bits per heavy atom. The molecule has 0 unspecified atom stereocenters. The van der Waals surface area contributed by atoms with E-state index in [9.17, 15) is 9.59 Å². The van der Waals surface area contributed by atoms with E-state index in [0.717, 1.165) is 14.2 Å². The molecule has 0 bridgehead atoms. The van der Waals surface area contributed by atoms with Crippen LogP contribution < -0.4 is 5.32 Å². The van der Waals surface area contributed by atoms with E-state index in [1.54, 1.807) is 18.2 Å². The summed E-state index contributed by atoms with van der Waals surface area (Å²) in [6.45, 7) is 3.51. The fraction of sp³-hybridized carbons (Fsp3) is 0.176. The van der Waals surface area contributed by atoms with E-state index in [1.807, 2.05) is 31.2 Å². The molecule has 1 aromatic carbocycles. The molecule has 0 saturated heterocycles. The Labute approximate surface area is 147 Å². The van der Waals surface area contributed by atoms with Crippen LogP contribution in [-0.4, -0.2) is 18.0 Å². The molecule has 0 aliphatic rings. The third kappa shape index (κ3) is 5.65. The first-order valence-corrected chi connectivity index (χ1v) is 8.56. The summed E-state index contributed by atoms with van der Waals surface area (Å²) in [4.78, 5) is 24.7. The number of hydrogen-bond acceptors (Lipinski definition) is 4. The highest BCUT2D eigenvalue weighted by molar-refractivity contribution is 9.11. The Balaban J connectivity index is 1.86. The number of ether oxygens (including phenoxy) is 1. The van der Waals surface area contributed by atoms with Gasteiger partial charge < -0.3 is 10.1 Å². The van der Waals surface area contributed by atoms with Crippen molar-refractivity contribution in [2.75, 3.05) is 5.32 Å². The number of amides is 1. The van der Waals surface area contributed by atoms with Crippen LogP contribution in [0.3, 0.4) is 0 Å². The van der Waals surface area contributed by atoms with Gasteiger partial charge in [-0.3, -0.25) is 4.79 Å². The highest BCUT2D eigenvalue weighted by Gasteiger charge is 2.16. The van der Waals surface area contributed by atoms with Crippen LogP contribution >= 0.6 is 27.3 Å². The SMILES string of the molecule is Cc1ccc(NC(=O)[C@@H](C)OC(=O)/C=C/c2ccc(Br)s2)cc1. The number of aryl methyl sites for hydroxylation is 1. The number of carbonyl (C=O) groups is 2. The molecule has 0 spiro atoms. The lowest BCUT2D eigenvalue weighted by atomic mass is 10.2. The first kappa shape index (κ1) is 17.4. The van der Waals surface area contributed by atoms with Crippen molar-refractivity contribution in [1.29, 1.82) is 0 Å². The Bertz CT molecular complexity index is 722. The highest BCUT2D eigenvalue weighted by atomic mass is 79.9. The van der Waals surface area contributed by atoms with Gasteiger partial charge in [0.2, 0.25) is 0 Å². The Morgan fingerprint density at radius 1 is 1.22 bits per heavy atom. The monoisotopic (exact) mass is 393 g/mol. The number of esters is 1. The molecule has 23 heavy (non-hydrogen) atoms. The van der Waals surface area contributed by atoms with Gasteiger partial charge >= 0.3 is 5.97 Å². The molecule has 0 aliphatic carbocycles. The normalized spacial score (nSPS) is 12.1. The number of rotatable bonds is 5. The van der Waals surface area contributed by atoms with Gasteiger partial charge in [-0.25, -0.2) is 4.79 Å². The second-order valence-electron chi connectivity index (χ2n) is 4.91. The van der Waals surface area contributed by atoms with E-state index < -0.39 is 12.1 Å². The summed E-state index contributed by atoms with van der Waals surface area (Å²) in [5, 5.41) is 2.71. The zero-order valence-corrected chi connectivity index (χ0v) is 15.1. The molecule has 6 heteroatoms. The largest absolute Gasteiger partial charge is 0.449 e. The van der Waals surface area contributed by atoms with Crippen LogP contribution in [0.5, 0.6) is 0 Å². The second-order valence-corrected chi connectivity index (χ2v) is 7.40. The Morgan fingerprint density at radius 3 is 2.52 bits per heavy atom.